The van der Waals surface area contributed by atoms with E-state index in [0.29, 0.717) is 6.42 Å². The quantitative estimate of drug-likeness (QED) is 0.304. The van der Waals surface area contributed by atoms with Gasteiger partial charge in [-0.25, -0.2) is 0 Å². The first-order valence-electron chi connectivity index (χ1n) is 7.68. The Morgan fingerprint density at radius 3 is 2.57 bits per heavy atom. The van der Waals surface area contributed by atoms with Gasteiger partial charge in [-0.3, -0.25) is 4.79 Å². The fourth-order valence-electron chi connectivity index (χ4n) is 1.44. The fraction of sp³-hybridized carbons (Fsp3) is 0.556. The molecule has 21 heavy (non-hydrogen) atoms. The van der Waals surface area contributed by atoms with Crippen LogP contribution in [-0.4, -0.2) is 22.6 Å². The van der Waals surface area contributed by atoms with Gasteiger partial charge >= 0.3 is 5.97 Å². The first kappa shape index (κ1) is 19.8. The van der Waals surface area contributed by atoms with E-state index in [9.17, 15) is 4.79 Å². The summed E-state index contributed by atoms with van der Waals surface area (Å²) in [4.78, 5) is 10.6. The van der Waals surface area contributed by atoms with Gasteiger partial charge in [-0.2, -0.15) is 11.8 Å². The highest BCUT2D eigenvalue weighted by Gasteiger charge is 2.06. The Bertz CT molecular complexity index is 377. The van der Waals surface area contributed by atoms with E-state index in [-0.39, 0.29) is 5.92 Å². The van der Waals surface area contributed by atoms with Gasteiger partial charge in [0.1, 0.15) is 0 Å². The van der Waals surface area contributed by atoms with Crippen molar-refractivity contribution in [1.29, 1.82) is 0 Å². The summed E-state index contributed by atoms with van der Waals surface area (Å²) in [7, 11) is 0. The van der Waals surface area contributed by atoms with Crippen LogP contribution >= 0.6 is 11.8 Å². The molecule has 1 N–H and O–H groups in total. The van der Waals surface area contributed by atoms with Crippen LogP contribution in [0.1, 0.15) is 46.0 Å². The van der Waals surface area contributed by atoms with Crippen molar-refractivity contribution in [2.24, 2.45) is 5.92 Å². The maximum Gasteiger partial charge on any atom is 0.306 e. The monoisotopic (exact) mass is 308 g/mol. The van der Waals surface area contributed by atoms with Crippen LogP contribution < -0.4 is 0 Å². The second kappa shape index (κ2) is 15.2. The second-order valence-electron chi connectivity index (χ2n) is 4.88. The maximum absolute atomic E-state index is 10.6. The number of rotatable bonds is 12. The molecule has 0 aromatic rings. The van der Waals surface area contributed by atoms with Crippen molar-refractivity contribution in [2.75, 3.05) is 11.5 Å². The third kappa shape index (κ3) is 15.0. The molecule has 118 valence electrons. The number of carbonyl (C=O) groups is 1. The molecule has 0 bridgehead atoms. The molecule has 2 nitrogen and oxygen atoms in total. The summed E-state index contributed by atoms with van der Waals surface area (Å²) in [5.41, 5.74) is 3.04. The largest absolute Gasteiger partial charge is 0.481 e. The molecule has 3 heteroatoms. The minimum absolute atomic E-state index is 0.324. The molecule has 1 unspecified atom stereocenters. The molecule has 0 rings (SSSR count). The summed E-state index contributed by atoms with van der Waals surface area (Å²) in [6, 6.07) is 0. The number of aliphatic carboxylic acids is 1. The summed E-state index contributed by atoms with van der Waals surface area (Å²) in [5, 5.41) is 8.71. The van der Waals surface area contributed by atoms with Crippen LogP contribution in [0.15, 0.2) is 42.2 Å². The molecule has 0 heterocycles. The molecule has 0 saturated carbocycles. The minimum Gasteiger partial charge on any atom is -0.481 e. The zero-order valence-corrected chi connectivity index (χ0v) is 14.1. The Hall–Kier alpha value is -1.18. The van der Waals surface area contributed by atoms with Crippen LogP contribution in [0.25, 0.3) is 0 Å². The SMILES string of the molecule is CCC/C=C\C/C=C\CCSCC=C=CCC(C)C(=O)O. The van der Waals surface area contributed by atoms with E-state index in [1.54, 1.807) is 6.92 Å². The van der Waals surface area contributed by atoms with Crippen molar-refractivity contribution in [3.05, 3.63) is 42.2 Å². The highest BCUT2D eigenvalue weighted by molar-refractivity contribution is 7.99. The van der Waals surface area contributed by atoms with Gasteiger partial charge in [-0.1, -0.05) is 44.6 Å². The number of carboxylic acid groups (broad SMARTS) is 1. The number of carboxylic acids is 1. The zero-order chi connectivity index (χ0) is 15.8. The van der Waals surface area contributed by atoms with Crippen LogP contribution in [0.5, 0.6) is 0 Å². The Kier molecular flexibility index (Phi) is 14.4. The average Bonchev–Trinajstić information content (AvgIpc) is 2.47. The molecular weight excluding hydrogens is 280 g/mol. The van der Waals surface area contributed by atoms with Gasteiger partial charge in [0.25, 0.3) is 0 Å². The van der Waals surface area contributed by atoms with E-state index in [4.69, 9.17) is 5.11 Å². The average molecular weight is 308 g/mol. The van der Waals surface area contributed by atoms with Gasteiger partial charge < -0.3 is 5.11 Å². The Labute approximate surface area is 133 Å². The summed E-state index contributed by atoms with van der Waals surface area (Å²) >= 11 is 1.87. The van der Waals surface area contributed by atoms with Gasteiger partial charge in [0.2, 0.25) is 0 Å². The predicted octanol–water partition coefficient (Wildman–Crippen LogP) is 5.23. The molecule has 0 aliphatic rings. The normalized spacial score (nSPS) is 12.5. The lowest BCUT2D eigenvalue weighted by atomic mass is 10.1. The van der Waals surface area contributed by atoms with E-state index in [1.165, 1.54) is 12.8 Å². The lowest BCUT2D eigenvalue weighted by Gasteiger charge is -1.98. The molecule has 0 aromatic heterocycles. The number of unbranched alkanes of at least 4 members (excludes halogenated alkanes) is 1. The van der Waals surface area contributed by atoms with Crippen molar-refractivity contribution < 1.29 is 9.90 Å². The van der Waals surface area contributed by atoms with E-state index in [0.717, 1.165) is 24.3 Å². The maximum atomic E-state index is 10.6. The van der Waals surface area contributed by atoms with Crippen molar-refractivity contribution in [3.63, 3.8) is 0 Å². The number of allylic oxidation sites excluding steroid dienone is 4. The lowest BCUT2D eigenvalue weighted by Crippen LogP contribution is -2.07. The molecule has 0 radical (unpaired) electrons. The van der Waals surface area contributed by atoms with Crippen LogP contribution in [0.3, 0.4) is 0 Å². The Morgan fingerprint density at radius 1 is 1.19 bits per heavy atom. The zero-order valence-electron chi connectivity index (χ0n) is 13.3. The predicted molar refractivity (Wildman–Crippen MR) is 93.8 cm³/mol. The number of hydrogen-bond donors (Lipinski definition) is 1. The van der Waals surface area contributed by atoms with Crippen LogP contribution in [-0.2, 0) is 4.79 Å². The van der Waals surface area contributed by atoms with Crippen molar-refractivity contribution in [3.8, 4) is 0 Å². The highest BCUT2D eigenvalue weighted by atomic mass is 32.2. The first-order chi connectivity index (χ1) is 10.2. The molecule has 0 amide bonds. The summed E-state index contributed by atoms with van der Waals surface area (Å²) in [5.74, 6) is 0.968. The van der Waals surface area contributed by atoms with E-state index >= 15 is 0 Å². The van der Waals surface area contributed by atoms with Crippen LogP contribution in [0.4, 0.5) is 0 Å². The minimum atomic E-state index is -0.751. The van der Waals surface area contributed by atoms with Crippen molar-refractivity contribution >= 4 is 17.7 Å². The molecular formula is C18H28O2S. The third-order valence-corrected chi connectivity index (χ3v) is 3.75. The first-order valence-corrected chi connectivity index (χ1v) is 8.83. The fourth-order valence-corrected chi connectivity index (χ4v) is 2.13. The van der Waals surface area contributed by atoms with Gasteiger partial charge in [-0.15, -0.1) is 5.73 Å². The molecule has 0 spiro atoms. The summed E-state index contributed by atoms with van der Waals surface area (Å²) in [6.07, 6.45) is 17.8. The third-order valence-electron chi connectivity index (χ3n) is 2.82. The van der Waals surface area contributed by atoms with E-state index in [2.05, 4.69) is 37.0 Å². The summed E-state index contributed by atoms with van der Waals surface area (Å²) < 4.78 is 0. The standard InChI is InChI=1S/C18H28O2S/c1-3-4-5-6-7-8-9-12-15-21-16-13-10-11-14-17(2)18(19)20/h5-6,8-9,11,13,17H,3-4,7,12,14-16H2,1-2H3,(H,19,20)/b6-5-,9-8-. The van der Waals surface area contributed by atoms with Gasteiger partial charge in [0.05, 0.1) is 5.92 Å². The van der Waals surface area contributed by atoms with Gasteiger partial charge in [-0.05, 0) is 43.6 Å². The topological polar surface area (TPSA) is 37.3 Å². The number of thioether (sulfide) groups is 1. The molecule has 0 saturated heterocycles. The lowest BCUT2D eigenvalue weighted by molar-refractivity contribution is -0.140. The van der Waals surface area contributed by atoms with Crippen LogP contribution in [0.2, 0.25) is 0 Å². The highest BCUT2D eigenvalue weighted by Crippen LogP contribution is 2.04. The molecule has 0 aromatic carbocycles. The van der Waals surface area contributed by atoms with Crippen molar-refractivity contribution in [2.45, 2.75) is 46.0 Å². The second-order valence-corrected chi connectivity index (χ2v) is 6.03. The summed E-state index contributed by atoms with van der Waals surface area (Å²) in [6.45, 7) is 3.90. The van der Waals surface area contributed by atoms with Crippen molar-refractivity contribution in [1.82, 2.24) is 0 Å². The molecule has 0 aliphatic carbocycles. The van der Waals surface area contributed by atoms with Crippen LogP contribution in [0, 0.1) is 5.92 Å². The Balaban J connectivity index is 3.49. The smallest absolute Gasteiger partial charge is 0.306 e. The van der Waals surface area contributed by atoms with E-state index < -0.39 is 5.97 Å². The Morgan fingerprint density at radius 2 is 1.90 bits per heavy atom. The molecule has 1 atom stereocenters. The van der Waals surface area contributed by atoms with E-state index in [1.807, 2.05) is 23.9 Å². The molecule has 0 fully saturated rings. The van der Waals surface area contributed by atoms with Gasteiger partial charge in [0, 0.05) is 5.75 Å². The number of hydrogen-bond acceptors (Lipinski definition) is 2. The molecule has 0 aliphatic heterocycles. The van der Waals surface area contributed by atoms with Gasteiger partial charge in [0.15, 0.2) is 0 Å².